The molecule has 0 saturated heterocycles. The van der Waals surface area contributed by atoms with Gasteiger partial charge in [0.15, 0.2) is 0 Å². The topological polar surface area (TPSA) is 37.3 Å². The van der Waals surface area contributed by atoms with Crippen LogP contribution in [0.25, 0.3) is 0 Å². The highest BCUT2D eigenvalue weighted by Crippen LogP contribution is 2.20. The van der Waals surface area contributed by atoms with Gasteiger partial charge in [-0.05, 0) is 34.0 Å². The average molecular weight is 231 g/mol. The van der Waals surface area contributed by atoms with E-state index < -0.39 is 5.97 Å². The summed E-state index contributed by atoms with van der Waals surface area (Å²) >= 11 is 4.65. The molecule has 0 fully saturated rings. The minimum Gasteiger partial charge on any atom is -0.472 e. The first kappa shape index (κ1) is 8.31. The Kier molecular flexibility index (Phi) is 2.69. The van der Waals surface area contributed by atoms with Crippen LogP contribution in [0.5, 0.6) is 0 Å². The van der Waals surface area contributed by atoms with Gasteiger partial charge in [0.25, 0.3) is 0 Å². The maximum Gasteiger partial charge on any atom is 0.382 e. The lowest BCUT2D eigenvalue weighted by Gasteiger charge is -1.74. The normalized spacial score (nSPS) is 8.45. The van der Waals surface area contributed by atoms with Crippen LogP contribution in [0.15, 0.2) is 15.9 Å². The summed E-state index contributed by atoms with van der Waals surface area (Å²) in [6.45, 7) is 0. The fraction of sp³-hybridized carbons (Fsp3) is 0. The molecule has 0 aliphatic heterocycles. The van der Waals surface area contributed by atoms with Gasteiger partial charge in [-0.2, -0.15) is 0 Å². The van der Waals surface area contributed by atoms with E-state index in [2.05, 4.69) is 21.9 Å². The molecule has 1 aromatic rings. The smallest absolute Gasteiger partial charge is 0.382 e. The van der Waals surface area contributed by atoms with E-state index in [4.69, 9.17) is 5.11 Å². The molecule has 0 unspecified atom stereocenters. The van der Waals surface area contributed by atoms with E-state index in [-0.39, 0.29) is 0 Å². The second-order valence-electron chi connectivity index (χ2n) is 1.66. The van der Waals surface area contributed by atoms with Gasteiger partial charge in [-0.15, -0.1) is 11.3 Å². The molecule has 0 atom stereocenters. The van der Waals surface area contributed by atoms with Gasteiger partial charge in [0, 0.05) is 5.92 Å². The molecule has 0 bridgehead atoms. The summed E-state index contributed by atoms with van der Waals surface area (Å²) in [6.07, 6.45) is 0. The second kappa shape index (κ2) is 3.56. The lowest BCUT2D eigenvalue weighted by atomic mass is 10.4. The predicted octanol–water partition coefficient (Wildman–Crippen LogP) is 1.95. The van der Waals surface area contributed by atoms with Crippen LogP contribution in [-0.2, 0) is 4.79 Å². The maximum absolute atomic E-state index is 10.00. The maximum atomic E-state index is 10.00. The standard InChI is InChI=1S/C7H3BrO2S/c8-6-3-1-5(11-6)2-4-7(9)10/h1,3H,(H,9,10). The van der Waals surface area contributed by atoms with Gasteiger partial charge >= 0.3 is 5.97 Å². The monoisotopic (exact) mass is 230 g/mol. The van der Waals surface area contributed by atoms with Crippen LogP contribution in [0, 0.1) is 11.8 Å². The van der Waals surface area contributed by atoms with E-state index in [1.807, 2.05) is 12.0 Å². The molecule has 11 heavy (non-hydrogen) atoms. The summed E-state index contributed by atoms with van der Waals surface area (Å²) in [7, 11) is 0. The third-order valence-corrected chi connectivity index (χ3v) is 2.40. The first-order valence-corrected chi connectivity index (χ1v) is 4.30. The van der Waals surface area contributed by atoms with Gasteiger partial charge in [-0.3, -0.25) is 0 Å². The molecule has 0 spiro atoms. The molecule has 1 aromatic heterocycles. The molecule has 1 heterocycles. The number of carboxylic acid groups (broad SMARTS) is 1. The molecular formula is C7H3BrO2S. The van der Waals surface area contributed by atoms with E-state index in [0.717, 1.165) is 8.66 Å². The Bertz CT molecular complexity index is 332. The van der Waals surface area contributed by atoms with Crippen LogP contribution in [0.1, 0.15) is 4.88 Å². The van der Waals surface area contributed by atoms with Gasteiger partial charge in [0.05, 0.1) is 8.66 Å². The Morgan fingerprint density at radius 1 is 1.64 bits per heavy atom. The summed E-state index contributed by atoms with van der Waals surface area (Å²) in [5.74, 6) is 3.43. The van der Waals surface area contributed by atoms with Crippen molar-refractivity contribution in [1.82, 2.24) is 0 Å². The summed E-state index contributed by atoms with van der Waals surface area (Å²) < 4.78 is 0.951. The Morgan fingerprint density at radius 3 is 2.82 bits per heavy atom. The Balaban J connectivity index is 2.82. The molecule has 0 radical (unpaired) electrons. The van der Waals surface area contributed by atoms with Crippen LogP contribution < -0.4 is 0 Å². The fourth-order valence-electron chi connectivity index (χ4n) is 0.497. The third-order valence-electron chi connectivity index (χ3n) is 0.866. The number of hydrogen-bond acceptors (Lipinski definition) is 2. The first-order chi connectivity index (χ1) is 5.18. The lowest BCUT2D eigenvalue weighted by molar-refractivity contribution is -0.130. The molecule has 0 aliphatic rings. The summed E-state index contributed by atoms with van der Waals surface area (Å²) in [5, 5.41) is 8.20. The predicted molar refractivity (Wildman–Crippen MR) is 46.5 cm³/mol. The minimum absolute atomic E-state index is 0.749. The molecule has 56 valence electrons. The van der Waals surface area contributed by atoms with Crippen molar-refractivity contribution in [2.75, 3.05) is 0 Å². The highest BCUT2D eigenvalue weighted by atomic mass is 79.9. The number of thiophene rings is 1. The lowest BCUT2D eigenvalue weighted by Crippen LogP contribution is -1.85. The fourth-order valence-corrected chi connectivity index (χ4v) is 1.74. The van der Waals surface area contributed by atoms with Crippen LogP contribution in [0.2, 0.25) is 0 Å². The Hall–Kier alpha value is -0.790. The quantitative estimate of drug-likeness (QED) is 0.693. The molecule has 1 N–H and O–H groups in total. The zero-order valence-corrected chi connectivity index (χ0v) is 7.70. The largest absolute Gasteiger partial charge is 0.472 e. The summed E-state index contributed by atoms with van der Waals surface area (Å²) in [6, 6.07) is 3.60. The van der Waals surface area contributed by atoms with Crippen molar-refractivity contribution in [3.63, 3.8) is 0 Å². The molecule has 0 aliphatic carbocycles. The molecule has 0 saturated carbocycles. The number of halogens is 1. The van der Waals surface area contributed by atoms with Crippen molar-refractivity contribution >= 4 is 33.2 Å². The van der Waals surface area contributed by atoms with E-state index in [1.54, 1.807) is 6.07 Å². The zero-order chi connectivity index (χ0) is 8.27. The van der Waals surface area contributed by atoms with Crippen molar-refractivity contribution in [2.45, 2.75) is 0 Å². The highest BCUT2D eigenvalue weighted by Gasteiger charge is 1.92. The van der Waals surface area contributed by atoms with E-state index in [1.165, 1.54) is 11.3 Å². The molecule has 0 aromatic carbocycles. The Morgan fingerprint density at radius 2 is 2.36 bits per heavy atom. The molecule has 2 nitrogen and oxygen atoms in total. The first-order valence-electron chi connectivity index (χ1n) is 2.69. The van der Waals surface area contributed by atoms with Crippen LogP contribution >= 0.6 is 27.3 Å². The van der Waals surface area contributed by atoms with Crippen molar-refractivity contribution in [3.05, 3.63) is 20.8 Å². The van der Waals surface area contributed by atoms with Crippen LogP contribution in [0.4, 0.5) is 0 Å². The van der Waals surface area contributed by atoms with Gasteiger partial charge < -0.3 is 5.11 Å². The highest BCUT2D eigenvalue weighted by molar-refractivity contribution is 9.11. The zero-order valence-electron chi connectivity index (χ0n) is 5.30. The second-order valence-corrected chi connectivity index (χ2v) is 4.12. The number of carboxylic acids is 1. The minimum atomic E-state index is -1.10. The van der Waals surface area contributed by atoms with Gasteiger partial charge in [0.2, 0.25) is 0 Å². The third kappa shape index (κ3) is 2.74. The van der Waals surface area contributed by atoms with E-state index in [9.17, 15) is 4.79 Å². The molecule has 0 amide bonds. The van der Waals surface area contributed by atoms with Crippen molar-refractivity contribution < 1.29 is 9.90 Å². The van der Waals surface area contributed by atoms with E-state index >= 15 is 0 Å². The van der Waals surface area contributed by atoms with Gasteiger partial charge in [0.1, 0.15) is 0 Å². The number of hydrogen-bond donors (Lipinski definition) is 1. The van der Waals surface area contributed by atoms with E-state index in [0.29, 0.717) is 0 Å². The average Bonchev–Trinajstić information content (AvgIpc) is 2.31. The molecular weight excluding hydrogens is 228 g/mol. The summed E-state index contributed by atoms with van der Waals surface area (Å²) in [5.41, 5.74) is 0. The van der Waals surface area contributed by atoms with Crippen LogP contribution in [0.3, 0.4) is 0 Å². The molecule has 4 heteroatoms. The number of carbonyl (C=O) groups is 1. The summed E-state index contributed by atoms with van der Waals surface area (Å²) in [4.78, 5) is 10.7. The van der Waals surface area contributed by atoms with Crippen molar-refractivity contribution in [1.29, 1.82) is 0 Å². The van der Waals surface area contributed by atoms with Crippen molar-refractivity contribution in [3.8, 4) is 11.8 Å². The van der Waals surface area contributed by atoms with Crippen molar-refractivity contribution in [2.24, 2.45) is 0 Å². The van der Waals surface area contributed by atoms with Gasteiger partial charge in [-0.1, -0.05) is 0 Å². The molecule has 1 rings (SSSR count). The SMILES string of the molecule is O=C(O)C#Cc1ccc(Br)s1. The van der Waals surface area contributed by atoms with Gasteiger partial charge in [-0.25, -0.2) is 4.79 Å². The number of rotatable bonds is 0. The number of aliphatic carboxylic acids is 1. The Labute approximate surface area is 76.0 Å². The van der Waals surface area contributed by atoms with Crippen LogP contribution in [-0.4, -0.2) is 11.1 Å².